The van der Waals surface area contributed by atoms with Crippen LogP contribution < -0.4 is 10.2 Å². The summed E-state index contributed by atoms with van der Waals surface area (Å²) in [6.07, 6.45) is 1.60. The molecule has 1 aliphatic heterocycles. The molecule has 1 saturated heterocycles. The van der Waals surface area contributed by atoms with Crippen LogP contribution in [-0.2, 0) is 16.6 Å². The maximum atomic E-state index is 13.1. The van der Waals surface area contributed by atoms with Crippen LogP contribution in [0.2, 0.25) is 0 Å². The third-order valence-electron chi connectivity index (χ3n) is 5.17. The number of rotatable bonds is 7. The molecule has 0 radical (unpaired) electrons. The molecule has 0 aliphatic carbocycles. The standard InChI is InChI=1S/C20H26N4O4S/c1-15-12-17(22(2)3)7-6-16(15)14-21-19-9-8-18(24(25)26)13-20(19)29(27,28)23-10-4-5-11-23/h6-9,12-13,21H,4-5,10-11,14H2,1-3H3. The minimum atomic E-state index is -3.80. The van der Waals surface area contributed by atoms with Gasteiger partial charge in [-0.25, -0.2) is 8.42 Å². The van der Waals surface area contributed by atoms with E-state index in [1.165, 1.54) is 16.4 Å². The molecular weight excluding hydrogens is 392 g/mol. The molecule has 2 aromatic rings. The van der Waals surface area contributed by atoms with Crippen molar-refractivity contribution in [2.24, 2.45) is 0 Å². The molecular formula is C20H26N4O4S. The van der Waals surface area contributed by atoms with Crippen molar-refractivity contribution < 1.29 is 13.3 Å². The number of hydrogen-bond acceptors (Lipinski definition) is 6. The van der Waals surface area contributed by atoms with Crippen LogP contribution in [0.3, 0.4) is 0 Å². The lowest BCUT2D eigenvalue weighted by atomic mass is 10.1. The van der Waals surface area contributed by atoms with Crippen LogP contribution in [0.4, 0.5) is 17.1 Å². The van der Waals surface area contributed by atoms with Gasteiger partial charge >= 0.3 is 0 Å². The average Bonchev–Trinajstić information content (AvgIpc) is 3.22. The highest BCUT2D eigenvalue weighted by Crippen LogP contribution is 2.31. The van der Waals surface area contributed by atoms with Crippen molar-refractivity contribution in [1.82, 2.24) is 4.31 Å². The number of sulfonamides is 1. The van der Waals surface area contributed by atoms with E-state index in [9.17, 15) is 18.5 Å². The van der Waals surface area contributed by atoms with Crippen molar-refractivity contribution >= 4 is 27.1 Å². The Morgan fingerprint density at radius 3 is 2.41 bits per heavy atom. The molecule has 0 amide bonds. The van der Waals surface area contributed by atoms with E-state index in [4.69, 9.17) is 0 Å². The van der Waals surface area contributed by atoms with Crippen LogP contribution in [-0.4, -0.2) is 44.8 Å². The minimum Gasteiger partial charge on any atom is -0.380 e. The molecule has 0 unspecified atom stereocenters. The summed E-state index contributed by atoms with van der Waals surface area (Å²) >= 11 is 0. The van der Waals surface area contributed by atoms with E-state index in [2.05, 4.69) is 11.4 Å². The molecule has 0 saturated carbocycles. The van der Waals surface area contributed by atoms with Gasteiger partial charge in [-0.3, -0.25) is 10.1 Å². The predicted molar refractivity (Wildman–Crippen MR) is 114 cm³/mol. The van der Waals surface area contributed by atoms with Crippen molar-refractivity contribution in [3.63, 3.8) is 0 Å². The number of nitrogens with zero attached hydrogens (tertiary/aromatic N) is 3. The number of hydrogen-bond donors (Lipinski definition) is 1. The second-order valence-corrected chi connectivity index (χ2v) is 9.31. The molecule has 29 heavy (non-hydrogen) atoms. The minimum absolute atomic E-state index is 0.0452. The molecule has 9 heteroatoms. The second-order valence-electron chi connectivity index (χ2n) is 7.41. The van der Waals surface area contributed by atoms with Gasteiger partial charge in [0.2, 0.25) is 10.0 Å². The molecule has 3 rings (SSSR count). The average molecular weight is 419 g/mol. The van der Waals surface area contributed by atoms with Crippen LogP contribution in [0.1, 0.15) is 24.0 Å². The number of aryl methyl sites for hydroxylation is 1. The van der Waals surface area contributed by atoms with Gasteiger partial charge in [0, 0.05) is 51.5 Å². The molecule has 0 aromatic heterocycles. The van der Waals surface area contributed by atoms with E-state index < -0.39 is 14.9 Å². The number of benzene rings is 2. The first kappa shape index (κ1) is 21.1. The summed E-state index contributed by atoms with van der Waals surface area (Å²) in [5.74, 6) is 0. The molecule has 2 aromatic carbocycles. The number of nitrogens with one attached hydrogen (secondary N) is 1. The molecule has 8 nitrogen and oxygen atoms in total. The summed E-state index contributed by atoms with van der Waals surface area (Å²) in [6, 6.07) is 10.0. The lowest BCUT2D eigenvalue weighted by molar-refractivity contribution is -0.385. The summed E-state index contributed by atoms with van der Waals surface area (Å²) in [5, 5.41) is 14.4. The van der Waals surface area contributed by atoms with Gasteiger partial charge in [0.1, 0.15) is 4.90 Å². The van der Waals surface area contributed by atoms with Gasteiger partial charge in [-0.05, 0) is 49.1 Å². The Morgan fingerprint density at radius 1 is 1.14 bits per heavy atom. The zero-order chi connectivity index (χ0) is 21.2. The molecule has 0 spiro atoms. The Hall–Kier alpha value is -2.65. The SMILES string of the molecule is Cc1cc(N(C)C)ccc1CNc1ccc([N+](=O)[O-])cc1S(=O)(=O)N1CCCC1. The Labute approximate surface area is 171 Å². The fourth-order valence-electron chi connectivity index (χ4n) is 3.40. The summed E-state index contributed by atoms with van der Waals surface area (Å²) in [4.78, 5) is 12.6. The summed E-state index contributed by atoms with van der Waals surface area (Å²) in [6.45, 7) is 3.30. The zero-order valence-electron chi connectivity index (χ0n) is 16.9. The highest BCUT2D eigenvalue weighted by atomic mass is 32.2. The van der Waals surface area contributed by atoms with E-state index in [0.29, 0.717) is 25.3 Å². The topological polar surface area (TPSA) is 95.8 Å². The van der Waals surface area contributed by atoms with Gasteiger partial charge in [0.05, 0.1) is 10.6 Å². The first-order valence-electron chi connectivity index (χ1n) is 9.49. The van der Waals surface area contributed by atoms with Gasteiger partial charge < -0.3 is 10.2 Å². The summed E-state index contributed by atoms with van der Waals surface area (Å²) in [5.41, 5.74) is 3.32. The van der Waals surface area contributed by atoms with Gasteiger partial charge in [-0.1, -0.05) is 6.07 Å². The number of nitro groups is 1. The van der Waals surface area contributed by atoms with Gasteiger partial charge in [0.25, 0.3) is 5.69 Å². The maximum Gasteiger partial charge on any atom is 0.270 e. The lowest BCUT2D eigenvalue weighted by Gasteiger charge is -2.19. The quantitative estimate of drug-likeness (QED) is 0.547. The third kappa shape index (κ3) is 4.51. The second kappa shape index (κ2) is 8.38. The summed E-state index contributed by atoms with van der Waals surface area (Å²) < 4.78 is 27.6. The Balaban J connectivity index is 1.92. The van der Waals surface area contributed by atoms with Crippen LogP contribution >= 0.6 is 0 Å². The van der Waals surface area contributed by atoms with E-state index in [-0.39, 0.29) is 10.6 Å². The van der Waals surface area contributed by atoms with Crippen LogP contribution in [0, 0.1) is 17.0 Å². The molecule has 1 fully saturated rings. The normalized spacial score (nSPS) is 14.7. The molecule has 0 bridgehead atoms. The molecule has 0 atom stereocenters. The van der Waals surface area contributed by atoms with E-state index in [1.807, 2.05) is 38.1 Å². The highest BCUT2D eigenvalue weighted by Gasteiger charge is 2.31. The van der Waals surface area contributed by atoms with Crippen molar-refractivity contribution in [2.75, 3.05) is 37.4 Å². The molecule has 1 N–H and O–H groups in total. The number of non-ortho nitro benzene ring substituents is 1. The molecule has 156 valence electrons. The van der Waals surface area contributed by atoms with E-state index in [0.717, 1.165) is 35.7 Å². The van der Waals surface area contributed by atoms with Crippen molar-refractivity contribution in [3.8, 4) is 0 Å². The van der Waals surface area contributed by atoms with E-state index in [1.54, 1.807) is 0 Å². The largest absolute Gasteiger partial charge is 0.380 e. The molecule has 1 aliphatic rings. The van der Waals surface area contributed by atoms with Crippen molar-refractivity contribution in [2.45, 2.75) is 31.2 Å². The van der Waals surface area contributed by atoms with Crippen molar-refractivity contribution in [3.05, 3.63) is 57.6 Å². The van der Waals surface area contributed by atoms with E-state index >= 15 is 0 Å². The fourth-order valence-corrected chi connectivity index (χ4v) is 5.10. The van der Waals surface area contributed by atoms with Crippen LogP contribution in [0.25, 0.3) is 0 Å². The van der Waals surface area contributed by atoms with Crippen LogP contribution in [0.5, 0.6) is 0 Å². The van der Waals surface area contributed by atoms with Gasteiger partial charge in [-0.15, -0.1) is 0 Å². The van der Waals surface area contributed by atoms with Crippen LogP contribution in [0.15, 0.2) is 41.3 Å². The third-order valence-corrected chi connectivity index (χ3v) is 7.11. The Morgan fingerprint density at radius 2 is 1.83 bits per heavy atom. The Bertz CT molecular complexity index is 1020. The predicted octanol–water partition coefficient (Wildman–Crippen LogP) is 3.37. The fraction of sp³-hybridized carbons (Fsp3) is 0.400. The molecule has 1 heterocycles. The first-order chi connectivity index (χ1) is 13.7. The van der Waals surface area contributed by atoms with Crippen molar-refractivity contribution in [1.29, 1.82) is 0 Å². The lowest BCUT2D eigenvalue weighted by Crippen LogP contribution is -2.28. The summed E-state index contributed by atoms with van der Waals surface area (Å²) in [7, 11) is 0.144. The zero-order valence-corrected chi connectivity index (χ0v) is 17.7. The smallest absolute Gasteiger partial charge is 0.270 e. The number of anilines is 2. The van der Waals surface area contributed by atoms with Gasteiger partial charge in [0.15, 0.2) is 0 Å². The maximum absolute atomic E-state index is 13.1. The highest BCUT2D eigenvalue weighted by molar-refractivity contribution is 7.89. The number of nitro benzene ring substituents is 1. The monoisotopic (exact) mass is 418 g/mol. The Kier molecular flexibility index (Phi) is 6.09. The first-order valence-corrected chi connectivity index (χ1v) is 10.9. The van der Waals surface area contributed by atoms with Gasteiger partial charge in [-0.2, -0.15) is 4.31 Å².